The molecule has 4 rings (SSSR count). The Hall–Kier alpha value is -1.59. The standard InChI is InChI=1S/C19H25N3O2.ClH/c20-12-19(8-2-1-3-9-19)11-17(23)21-14-6-7-15-16(10-14)24-18(22-15)13-4-5-13;/h6-7,10,13H,1-5,8-9,11-12,20H2,(H,21,23);1H. The van der Waals surface area contributed by atoms with Gasteiger partial charge in [-0.3, -0.25) is 4.79 Å². The van der Waals surface area contributed by atoms with Gasteiger partial charge in [0.2, 0.25) is 5.91 Å². The van der Waals surface area contributed by atoms with Crippen molar-refractivity contribution in [3.05, 3.63) is 24.1 Å². The lowest BCUT2D eigenvalue weighted by Gasteiger charge is -2.35. The molecule has 0 atom stereocenters. The van der Waals surface area contributed by atoms with Gasteiger partial charge in [0.05, 0.1) is 0 Å². The molecule has 2 saturated carbocycles. The number of rotatable bonds is 5. The molecule has 2 fully saturated rings. The largest absolute Gasteiger partial charge is 0.440 e. The number of carbonyl (C=O) groups is 1. The Bertz CT molecular complexity index is 748. The highest BCUT2D eigenvalue weighted by Crippen LogP contribution is 2.41. The number of nitrogens with zero attached hydrogens (tertiary/aromatic N) is 1. The third-order valence-corrected chi connectivity index (χ3v) is 5.50. The van der Waals surface area contributed by atoms with E-state index in [1.54, 1.807) is 0 Å². The first kappa shape index (κ1) is 18.2. The summed E-state index contributed by atoms with van der Waals surface area (Å²) in [5.41, 5.74) is 8.36. The average molecular weight is 364 g/mol. The molecule has 1 aromatic heterocycles. The highest BCUT2D eigenvalue weighted by atomic mass is 35.5. The quantitative estimate of drug-likeness (QED) is 0.826. The zero-order valence-corrected chi connectivity index (χ0v) is 15.2. The van der Waals surface area contributed by atoms with Crippen LogP contribution in [0.3, 0.4) is 0 Å². The summed E-state index contributed by atoms with van der Waals surface area (Å²) in [5.74, 6) is 1.37. The van der Waals surface area contributed by atoms with E-state index < -0.39 is 0 Å². The smallest absolute Gasteiger partial charge is 0.224 e. The van der Waals surface area contributed by atoms with E-state index in [1.165, 1.54) is 19.3 Å². The Labute approximate surface area is 154 Å². The summed E-state index contributed by atoms with van der Waals surface area (Å²) >= 11 is 0. The molecule has 0 unspecified atom stereocenters. The van der Waals surface area contributed by atoms with Crippen LogP contribution in [0.2, 0.25) is 0 Å². The molecule has 2 aliphatic rings. The minimum Gasteiger partial charge on any atom is -0.440 e. The molecule has 0 radical (unpaired) electrons. The van der Waals surface area contributed by atoms with Gasteiger partial charge in [0.1, 0.15) is 5.52 Å². The second-order valence-corrected chi connectivity index (χ2v) is 7.50. The second kappa shape index (κ2) is 7.34. The molecule has 1 amide bonds. The Balaban J connectivity index is 0.00000182. The highest BCUT2D eigenvalue weighted by Gasteiger charge is 2.33. The van der Waals surface area contributed by atoms with Crippen LogP contribution in [0, 0.1) is 5.41 Å². The summed E-state index contributed by atoms with van der Waals surface area (Å²) in [6, 6.07) is 5.69. The summed E-state index contributed by atoms with van der Waals surface area (Å²) < 4.78 is 5.82. The molecule has 0 spiro atoms. The van der Waals surface area contributed by atoms with Crippen LogP contribution in [0.5, 0.6) is 0 Å². The molecular weight excluding hydrogens is 338 g/mol. The Morgan fingerprint density at radius 3 is 2.72 bits per heavy atom. The number of anilines is 1. The van der Waals surface area contributed by atoms with E-state index in [2.05, 4.69) is 10.3 Å². The van der Waals surface area contributed by atoms with Crippen molar-refractivity contribution in [1.82, 2.24) is 4.98 Å². The van der Waals surface area contributed by atoms with Crippen molar-refractivity contribution in [3.8, 4) is 0 Å². The molecule has 5 nitrogen and oxygen atoms in total. The lowest BCUT2D eigenvalue weighted by atomic mass is 9.71. The van der Waals surface area contributed by atoms with Crippen molar-refractivity contribution in [3.63, 3.8) is 0 Å². The predicted molar refractivity (Wildman–Crippen MR) is 101 cm³/mol. The van der Waals surface area contributed by atoms with Crippen molar-refractivity contribution >= 4 is 35.1 Å². The highest BCUT2D eigenvalue weighted by molar-refractivity contribution is 5.93. The van der Waals surface area contributed by atoms with Crippen LogP contribution in [0.1, 0.15) is 63.2 Å². The fourth-order valence-corrected chi connectivity index (χ4v) is 3.83. The molecular formula is C19H26ClN3O2. The molecule has 1 heterocycles. The maximum atomic E-state index is 12.5. The van der Waals surface area contributed by atoms with Crippen molar-refractivity contribution < 1.29 is 9.21 Å². The molecule has 2 aliphatic carbocycles. The summed E-state index contributed by atoms with van der Waals surface area (Å²) in [6.07, 6.45) is 8.57. The molecule has 3 N–H and O–H groups in total. The van der Waals surface area contributed by atoms with Gasteiger partial charge in [-0.15, -0.1) is 12.4 Å². The van der Waals surface area contributed by atoms with E-state index in [9.17, 15) is 4.79 Å². The SMILES string of the molecule is Cl.NCC1(CC(=O)Nc2ccc3nc(C4CC4)oc3c2)CCCCC1. The molecule has 1 aromatic carbocycles. The van der Waals surface area contributed by atoms with E-state index in [0.717, 1.165) is 48.4 Å². The number of aromatic nitrogens is 1. The van der Waals surface area contributed by atoms with Gasteiger partial charge in [-0.2, -0.15) is 0 Å². The zero-order valence-electron chi connectivity index (χ0n) is 14.4. The molecule has 0 bridgehead atoms. The number of halogens is 1. The first-order valence-electron chi connectivity index (χ1n) is 9.08. The maximum Gasteiger partial charge on any atom is 0.224 e. The topological polar surface area (TPSA) is 81.2 Å². The van der Waals surface area contributed by atoms with E-state index in [0.29, 0.717) is 18.9 Å². The normalized spacial score (nSPS) is 19.4. The molecule has 6 heteroatoms. The number of hydrogen-bond donors (Lipinski definition) is 2. The van der Waals surface area contributed by atoms with Crippen molar-refractivity contribution in [2.45, 2.75) is 57.3 Å². The van der Waals surface area contributed by atoms with E-state index in [4.69, 9.17) is 10.2 Å². The maximum absolute atomic E-state index is 12.5. The number of nitrogens with two attached hydrogens (primary N) is 1. The lowest BCUT2D eigenvalue weighted by Crippen LogP contribution is -2.36. The summed E-state index contributed by atoms with van der Waals surface area (Å²) in [6.45, 7) is 0.590. The summed E-state index contributed by atoms with van der Waals surface area (Å²) in [4.78, 5) is 17.0. The van der Waals surface area contributed by atoms with Gasteiger partial charge >= 0.3 is 0 Å². The van der Waals surface area contributed by atoms with Crippen LogP contribution >= 0.6 is 12.4 Å². The van der Waals surface area contributed by atoms with Crippen LogP contribution in [-0.4, -0.2) is 17.4 Å². The Morgan fingerprint density at radius 2 is 2.04 bits per heavy atom. The van der Waals surface area contributed by atoms with Crippen molar-refractivity contribution in [2.75, 3.05) is 11.9 Å². The molecule has 136 valence electrons. The van der Waals surface area contributed by atoms with Crippen LogP contribution in [0.4, 0.5) is 5.69 Å². The van der Waals surface area contributed by atoms with Crippen LogP contribution in [0.25, 0.3) is 11.1 Å². The van der Waals surface area contributed by atoms with Crippen molar-refractivity contribution in [1.29, 1.82) is 0 Å². The third kappa shape index (κ3) is 3.98. The number of oxazole rings is 1. The number of hydrogen-bond acceptors (Lipinski definition) is 4. The van der Waals surface area contributed by atoms with Gasteiger partial charge in [0.25, 0.3) is 0 Å². The van der Waals surface area contributed by atoms with Gasteiger partial charge in [-0.25, -0.2) is 4.98 Å². The average Bonchev–Trinajstić information content (AvgIpc) is 3.35. The summed E-state index contributed by atoms with van der Waals surface area (Å²) in [5, 5.41) is 3.01. The molecule has 0 saturated heterocycles. The monoisotopic (exact) mass is 363 g/mol. The molecule has 25 heavy (non-hydrogen) atoms. The van der Waals surface area contributed by atoms with Gasteiger partial charge < -0.3 is 15.5 Å². The van der Waals surface area contributed by atoms with Crippen LogP contribution in [0.15, 0.2) is 22.6 Å². The Morgan fingerprint density at radius 1 is 1.28 bits per heavy atom. The first-order valence-corrected chi connectivity index (χ1v) is 9.08. The molecule has 0 aliphatic heterocycles. The third-order valence-electron chi connectivity index (χ3n) is 5.50. The van der Waals surface area contributed by atoms with Gasteiger partial charge in [-0.05, 0) is 49.8 Å². The van der Waals surface area contributed by atoms with Gasteiger partial charge in [0.15, 0.2) is 11.5 Å². The lowest BCUT2D eigenvalue weighted by molar-refractivity contribution is -0.118. The number of nitrogens with one attached hydrogen (secondary N) is 1. The van der Waals surface area contributed by atoms with Crippen LogP contribution < -0.4 is 11.1 Å². The summed E-state index contributed by atoms with van der Waals surface area (Å²) in [7, 11) is 0. The number of fused-ring (bicyclic) bond motifs is 1. The first-order chi connectivity index (χ1) is 11.7. The Kier molecular flexibility index (Phi) is 5.35. The minimum atomic E-state index is -0.0161. The number of amides is 1. The number of carbonyl (C=O) groups excluding carboxylic acids is 1. The van der Waals surface area contributed by atoms with E-state index >= 15 is 0 Å². The van der Waals surface area contributed by atoms with Crippen LogP contribution in [-0.2, 0) is 4.79 Å². The fourth-order valence-electron chi connectivity index (χ4n) is 3.83. The molecule has 2 aromatic rings. The van der Waals surface area contributed by atoms with Gasteiger partial charge in [-0.1, -0.05) is 19.3 Å². The fraction of sp³-hybridized carbons (Fsp3) is 0.579. The van der Waals surface area contributed by atoms with E-state index in [1.807, 2.05) is 18.2 Å². The minimum absolute atomic E-state index is 0. The van der Waals surface area contributed by atoms with Crippen molar-refractivity contribution in [2.24, 2.45) is 11.1 Å². The van der Waals surface area contributed by atoms with Gasteiger partial charge in [0, 0.05) is 24.1 Å². The number of benzene rings is 1. The second-order valence-electron chi connectivity index (χ2n) is 7.50. The zero-order chi connectivity index (χ0) is 16.6. The van der Waals surface area contributed by atoms with E-state index in [-0.39, 0.29) is 23.7 Å². The predicted octanol–water partition coefficient (Wildman–Crippen LogP) is 4.36.